The molecule has 0 saturated carbocycles. The van der Waals surface area contributed by atoms with Crippen molar-refractivity contribution in [3.05, 3.63) is 35.9 Å². The van der Waals surface area contributed by atoms with Crippen molar-refractivity contribution in [2.24, 2.45) is 0 Å². The second-order valence-electron chi connectivity index (χ2n) is 5.57. The van der Waals surface area contributed by atoms with Crippen LogP contribution in [0.5, 0.6) is 0 Å². The molecule has 1 heterocycles. The molecule has 106 valence electrons. The number of nitrogens with one attached hydrogen (secondary N) is 2. The first-order valence-electron chi connectivity index (χ1n) is 7.51. The van der Waals surface area contributed by atoms with Gasteiger partial charge in [-0.2, -0.15) is 0 Å². The van der Waals surface area contributed by atoms with Crippen molar-refractivity contribution in [2.45, 2.75) is 31.8 Å². The van der Waals surface area contributed by atoms with E-state index in [0.29, 0.717) is 6.04 Å². The molecule has 0 radical (unpaired) electrons. The lowest BCUT2D eigenvalue weighted by Crippen LogP contribution is -2.43. The van der Waals surface area contributed by atoms with Crippen LogP contribution in [0, 0.1) is 0 Å². The lowest BCUT2D eigenvalue weighted by molar-refractivity contribution is 0.310. The standard InChI is InChI=1S/C16H27N3/c1-19(14-15-7-3-2-4-8-15)12-6-11-18-16-9-5-10-17-13-16/h2-4,7-8,16-18H,5-6,9-14H2,1H3. The van der Waals surface area contributed by atoms with Gasteiger partial charge in [0, 0.05) is 19.1 Å². The van der Waals surface area contributed by atoms with Crippen LogP contribution >= 0.6 is 0 Å². The van der Waals surface area contributed by atoms with E-state index in [1.165, 1.54) is 31.4 Å². The van der Waals surface area contributed by atoms with Gasteiger partial charge in [-0.15, -0.1) is 0 Å². The van der Waals surface area contributed by atoms with Gasteiger partial charge >= 0.3 is 0 Å². The minimum atomic E-state index is 0.688. The van der Waals surface area contributed by atoms with E-state index in [0.717, 1.165) is 26.2 Å². The van der Waals surface area contributed by atoms with Crippen molar-refractivity contribution >= 4 is 0 Å². The van der Waals surface area contributed by atoms with Crippen LogP contribution < -0.4 is 10.6 Å². The summed E-state index contributed by atoms with van der Waals surface area (Å²) < 4.78 is 0. The van der Waals surface area contributed by atoms with Gasteiger partial charge in [0.1, 0.15) is 0 Å². The molecule has 2 rings (SSSR count). The molecule has 0 amide bonds. The summed E-state index contributed by atoms with van der Waals surface area (Å²) >= 11 is 0. The topological polar surface area (TPSA) is 27.3 Å². The Hall–Kier alpha value is -0.900. The van der Waals surface area contributed by atoms with E-state index in [2.05, 4.69) is 52.9 Å². The van der Waals surface area contributed by atoms with E-state index in [4.69, 9.17) is 0 Å². The van der Waals surface area contributed by atoms with Crippen LogP contribution in [0.15, 0.2) is 30.3 Å². The van der Waals surface area contributed by atoms with Crippen LogP contribution in [0.2, 0.25) is 0 Å². The van der Waals surface area contributed by atoms with Crippen LogP contribution in [-0.4, -0.2) is 44.2 Å². The third-order valence-corrected chi connectivity index (χ3v) is 3.74. The Morgan fingerprint density at radius 1 is 1.32 bits per heavy atom. The van der Waals surface area contributed by atoms with E-state index in [-0.39, 0.29) is 0 Å². The van der Waals surface area contributed by atoms with Crippen molar-refractivity contribution in [3.63, 3.8) is 0 Å². The monoisotopic (exact) mass is 261 g/mol. The first-order chi connectivity index (χ1) is 9.34. The number of benzene rings is 1. The first-order valence-corrected chi connectivity index (χ1v) is 7.51. The van der Waals surface area contributed by atoms with E-state index in [1.54, 1.807) is 0 Å². The molecule has 1 unspecified atom stereocenters. The summed E-state index contributed by atoms with van der Waals surface area (Å²) in [5, 5.41) is 7.10. The molecule has 0 bridgehead atoms. The van der Waals surface area contributed by atoms with Gasteiger partial charge in [-0.3, -0.25) is 0 Å². The van der Waals surface area contributed by atoms with Gasteiger partial charge in [-0.1, -0.05) is 30.3 Å². The molecule has 3 nitrogen and oxygen atoms in total. The van der Waals surface area contributed by atoms with Crippen LogP contribution in [-0.2, 0) is 6.54 Å². The fourth-order valence-electron chi connectivity index (χ4n) is 2.66. The highest BCUT2D eigenvalue weighted by molar-refractivity contribution is 5.14. The molecule has 0 aliphatic carbocycles. The van der Waals surface area contributed by atoms with E-state index < -0.39 is 0 Å². The molecule has 1 saturated heterocycles. The summed E-state index contributed by atoms with van der Waals surface area (Å²) in [4.78, 5) is 2.40. The van der Waals surface area contributed by atoms with Crippen molar-refractivity contribution in [1.82, 2.24) is 15.5 Å². The number of hydrogen-bond acceptors (Lipinski definition) is 3. The Balaban J connectivity index is 1.55. The van der Waals surface area contributed by atoms with E-state index in [1.807, 2.05) is 0 Å². The Morgan fingerprint density at radius 2 is 2.16 bits per heavy atom. The highest BCUT2D eigenvalue weighted by Crippen LogP contribution is 2.03. The normalized spacial score (nSPS) is 19.8. The predicted molar refractivity (Wildman–Crippen MR) is 81.3 cm³/mol. The quantitative estimate of drug-likeness (QED) is 0.734. The van der Waals surface area contributed by atoms with Crippen LogP contribution in [0.1, 0.15) is 24.8 Å². The molecule has 3 heteroatoms. The van der Waals surface area contributed by atoms with Gasteiger partial charge in [0.25, 0.3) is 0 Å². The smallest absolute Gasteiger partial charge is 0.0230 e. The SMILES string of the molecule is CN(CCCNC1CCCNC1)Cc1ccccc1. The Morgan fingerprint density at radius 3 is 2.89 bits per heavy atom. The van der Waals surface area contributed by atoms with Crippen LogP contribution in [0.3, 0.4) is 0 Å². The average Bonchev–Trinajstić information content (AvgIpc) is 2.46. The molecule has 0 aromatic heterocycles. The summed E-state index contributed by atoms with van der Waals surface area (Å²) in [5.41, 5.74) is 1.40. The maximum atomic E-state index is 3.65. The fraction of sp³-hybridized carbons (Fsp3) is 0.625. The van der Waals surface area contributed by atoms with Gasteiger partial charge in [0.2, 0.25) is 0 Å². The minimum Gasteiger partial charge on any atom is -0.315 e. The van der Waals surface area contributed by atoms with Crippen molar-refractivity contribution in [2.75, 3.05) is 33.2 Å². The maximum absolute atomic E-state index is 3.65. The second-order valence-corrected chi connectivity index (χ2v) is 5.57. The zero-order valence-corrected chi connectivity index (χ0v) is 12.1. The van der Waals surface area contributed by atoms with Gasteiger partial charge in [-0.05, 0) is 51.5 Å². The number of rotatable bonds is 7. The van der Waals surface area contributed by atoms with Crippen molar-refractivity contribution in [3.8, 4) is 0 Å². The third kappa shape index (κ3) is 5.72. The summed E-state index contributed by atoms with van der Waals surface area (Å²) in [6.07, 6.45) is 3.86. The van der Waals surface area contributed by atoms with Gasteiger partial charge in [0.15, 0.2) is 0 Å². The molecule has 0 spiro atoms. The maximum Gasteiger partial charge on any atom is 0.0230 e. The van der Waals surface area contributed by atoms with Gasteiger partial charge in [0.05, 0.1) is 0 Å². The minimum absolute atomic E-state index is 0.688. The molecular weight excluding hydrogens is 234 g/mol. The summed E-state index contributed by atoms with van der Waals surface area (Å²) in [6, 6.07) is 11.4. The largest absolute Gasteiger partial charge is 0.315 e. The molecule has 1 atom stereocenters. The summed E-state index contributed by atoms with van der Waals surface area (Å²) in [6.45, 7) is 5.66. The van der Waals surface area contributed by atoms with E-state index >= 15 is 0 Å². The Labute approximate surface area is 117 Å². The van der Waals surface area contributed by atoms with Gasteiger partial charge < -0.3 is 15.5 Å². The number of hydrogen-bond donors (Lipinski definition) is 2. The van der Waals surface area contributed by atoms with Crippen molar-refractivity contribution < 1.29 is 0 Å². The van der Waals surface area contributed by atoms with Gasteiger partial charge in [-0.25, -0.2) is 0 Å². The molecule has 1 fully saturated rings. The molecular formula is C16H27N3. The highest BCUT2D eigenvalue weighted by Gasteiger charge is 2.11. The lowest BCUT2D eigenvalue weighted by atomic mass is 10.1. The highest BCUT2D eigenvalue weighted by atomic mass is 15.1. The van der Waals surface area contributed by atoms with Crippen LogP contribution in [0.25, 0.3) is 0 Å². The third-order valence-electron chi connectivity index (χ3n) is 3.74. The summed E-state index contributed by atoms with van der Waals surface area (Å²) in [7, 11) is 2.20. The zero-order chi connectivity index (χ0) is 13.3. The Bertz CT molecular complexity index is 333. The molecule has 19 heavy (non-hydrogen) atoms. The zero-order valence-electron chi connectivity index (χ0n) is 12.1. The summed E-state index contributed by atoms with van der Waals surface area (Å²) in [5.74, 6) is 0. The number of nitrogens with zero attached hydrogens (tertiary/aromatic N) is 1. The lowest BCUT2D eigenvalue weighted by Gasteiger charge is -2.24. The Kier molecular flexibility index (Phi) is 6.34. The first kappa shape index (κ1) is 14.5. The number of piperidine rings is 1. The predicted octanol–water partition coefficient (Wildman–Crippen LogP) is 1.85. The molecule has 1 aliphatic rings. The van der Waals surface area contributed by atoms with E-state index in [9.17, 15) is 0 Å². The average molecular weight is 261 g/mol. The molecule has 1 aromatic carbocycles. The molecule has 1 aliphatic heterocycles. The second kappa shape index (κ2) is 8.31. The van der Waals surface area contributed by atoms with Crippen LogP contribution in [0.4, 0.5) is 0 Å². The fourth-order valence-corrected chi connectivity index (χ4v) is 2.66. The molecule has 1 aromatic rings. The van der Waals surface area contributed by atoms with Crippen molar-refractivity contribution in [1.29, 1.82) is 0 Å². The molecule has 2 N–H and O–H groups in total.